The van der Waals surface area contributed by atoms with Gasteiger partial charge in [-0.05, 0) is 11.1 Å². The van der Waals surface area contributed by atoms with Gasteiger partial charge in [0.1, 0.15) is 0 Å². The van der Waals surface area contributed by atoms with Gasteiger partial charge in [0.25, 0.3) is 0 Å². The fourth-order valence-corrected chi connectivity index (χ4v) is 2.38. The van der Waals surface area contributed by atoms with E-state index in [0.717, 1.165) is 11.1 Å². The van der Waals surface area contributed by atoms with Crippen LogP contribution in [0.4, 0.5) is 0 Å². The van der Waals surface area contributed by atoms with Crippen LogP contribution in [0.3, 0.4) is 0 Å². The van der Waals surface area contributed by atoms with Gasteiger partial charge in [0.2, 0.25) is 0 Å². The van der Waals surface area contributed by atoms with Gasteiger partial charge in [-0.15, -0.1) is 0 Å². The minimum Gasteiger partial charge on any atom is -0.289 e. The van der Waals surface area contributed by atoms with Crippen molar-refractivity contribution in [3.8, 4) is 0 Å². The molecule has 0 aliphatic heterocycles. The fraction of sp³-hybridized carbons (Fsp3) is 0.0625. The summed E-state index contributed by atoms with van der Waals surface area (Å²) in [5, 5.41) is 0. The third-order valence-electron chi connectivity index (χ3n) is 3.18. The molecule has 1 unspecified atom stereocenters. The number of hydrogen-bond donors (Lipinski definition) is 0. The molecule has 0 aromatic heterocycles. The van der Waals surface area contributed by atoms with Gasteiger partial charge in [-0.25, -0.2) is 0 Å². The fourth-order valence-electron chi connectivity index (χ4n) is 2.38. The monoisotopic (exact) mass is 222 g/mol. The molecule has 0 spiro atoms. The quantitative estimate of drug-likeness (QED) is 0.674. The largest absolute Gasteiger partial charge is 0.289 e. The van der Waals surface area contributed by atoms with E-state index >= 15 is 0 Å². The maximum absolute atomic E-state index is 12.3. The highest BCUT2D eigenvalue weighted by atomic mass is 16.1. The number of allylic oxidation sites excluding steroid dienone is 1. The third-order valence-corrected chi connectivity index (χ3v) is 3.18. The molecule has 0 heterocycles. The maximum Gasteiger partial charge on any atom is 0.189 e. The lowest BCUT2D eigenvalue weighted by atomic mass is 9.91. The first-order chi connectivity index (χ1) is 9.20. The van der Waals surface area contributed by atoms with E-state index in [4.69, 9.17) is 2.74 Å². The van der Waals surface area contributed by atoms with Crippen molar-refractivity contribution in [2.75, 3.05) is 0 Å². The van der Waals surface area contributed by atoms with E-state index < -0.39 is 6.53 Å². The molecule has 17 heavy (non-hydrogen) atoms. The summed E-state index contributed by atoms with van der Waals surface area (Å²) in [4.78, 5) is 12.3. The highest BCUT2D eigenvalue weighted by Crippen LogP contribution is 2.40. The van der Waals surface area contributed by atoms with E-state index in [9.17, 15) is 4.79 Å². The number of hydrogen-bond acceptors (Lipinski definition) is 1. The Bertz CT molecular complexity index is 670. The molecular formula is C16H12O. The Balaban J connectivity index is 2.27. The molecule has 2 aromatic rings. The predicted octanol–water partition coefficient (Wildman–Crippen LogP) is 3.57. The van der Waals surface area contributed by atoms with Crippen molar-refractivity contribution < 1.29 is 7.54 Å². The summed E-state index contributed by atoms with van der Waals surface area (Å²) in [6.45, 7) is -0.393. The first-order valence-electron chi connectivity index (χ1n) is 6.56. The Kier molecular flexibility index (Phi) is 1.75. The van der Waals surface area contributed by atoms with Crippen LogP contribution in [0.1, 0.15) is 30.1 Å². The maximum atomic E-state index is 12.3. The van der Waals surface area contributed by atoms with Gasteiger partial charge < -0.3 is 0 Å². The standard InChI is InChI=1S/C16H12O/c1-11-15(12-7-3-2-4-8-12)13-9-5-6-10-14(13)16(11)17/h2-10,15H,1H2/i1D2. The molecule has 1 aliphatic carbocycles. The van der Waals surface area contributed by atoms with Crippen molar-refractivity contribution in [3.63, 3.8) is 0 Å². The molecule has 0 bridgehead atoms. The summed E-state index contributed by atoms with van der Waals surface area (Å²) in [5.41, 5.74) is 2.73. The van der Waals surface area contributed by atoms with Crippen molar-refractivity contribution in [2.24, 2.45) is 0 Å². The van der Waals surface area contributed by atoms with E-state index in [1.54, 1.807) is 6.07 Å². The van der Waals surface area contributed by atoms with Gasteiger partial charge in [0, 0.05) is 17.1 Å². The molecule has 1 heteroatoms. The van der Waals surface area contributed by atoms with Crippen LogP contribution in [-0.4, -0.2) is 5.78 Å². The van der Waals surface area contributed by atoms with Crippen LogP contribution in [0.2, 0.25) is 0 Å². The zero-order valence-corrected chi connectivity index (χ0v) is 9.18. The minimum atomic E-state index is -0.393. The summed E-state index contributed by atoms with van der Waals surface area (Å²) in [6, 6.07) is 17.0. The van der Waals surface area contributed by atoms with Crippen LogP contribution < -0.4 is 0 Å². The van der Waals surface area contributed by atoms with Crippen LogP contribution in [0.5, 0.6) is 0 Å². The van der Waals surface area contributed by atoms with Gasteiger partial charge in [0.05, 0.1) is 2.74 Å². The molecule has 0 radical (unpaired) electrons. The second kappa shape index (κ2) is 3.70. The Hall–Kier alpha value is -2.15. The number of carbonyl (C=O) groups is 1. The number of benzene rings is 2. The molecule has 1 aliphatic rings. The van der Waals surface area contributed by atoms with Gasteiger partial charge in [-0.1, -0.05) is 61.1 Å². The summed E-state index contributed by atoms with van der Waals surface area (Å²) in [5.74, 6) is -0.473. The number of ketones is 1. The SMILES string of the molecule is [2H]C([2H])=C1C(=O)c2ccccc2C1c1ccccc1. The van der Waals surface area contributed by atoms with Gasteiger partial charge >= 0.3 is 0 Å². The lowest BCUT2D eigenvalue weighted by Gasteiger charge is -2.12. The number of carbonyl (C=O) groups excluding carboxylic acids is 1. The van der Waals surface area contributed by atoms with E-state index in [2.05, 4.69) is 0 Å². The molecule has 2 aromatic carbocycles. The third kappa shape index (κ3) is 1.43. The Morgan fingerprint density at radius 2 is 1.71 bits per heavy atom. The topological polar surface area (TPSA) is 17.1 Å². The van der Waals surface area contributed by atoms with E-state index in [1.807, 2.05) is 48.5 Å². The molecule has 0 fully saturated rings. The molecule has 0 amide bonds. The highest BCUT2D eigenvalue weighted by molar-refractivity contribution is 6.14. The van der Waals surface area contributed by atoms with E-state index in [0.29, 0.717) is 5.56 Å². The summed E-state index contributed by atoms with van der Waals surface area (Å²) >= 11 is 0. The Labute approximate surface area is 103 Å². The lowest BCUT2D eigenvalue weighted by molar-refractivity contribution is 0.103. The molecule has 1 nitrogen and oxygen atoms in total. The average molecular weight is 222 g/mol. The minimum absolute atomic E-state index is 0.190. The van der Waals surface area contributed by atoms with E-state index in [-0.39, 0.29) is 17.3 Å². The average Bonchev–Trinajstić information content (AvgIpc) is 2.74. The number of fused-ring (bicyclic) bond motifs is 1. The van der Waals surface area contributed by atoms with Crippen LogP contribution in [0.15, 0.2) is 66.7 Å². The van der Waals surface area contributed by atoms with Gasteiger partial charge in [-0.3, -0.25) is 4.79 Å². The second-order valence-corrected chi connectivity index (χ2v) is 4.17. The predicted molar refractivity (Wildman–Crippen MR) is 68.2 cm³/mol. The zero-order chi connectivity index (χ0) is 13.4. The van der Waals surface area contributed by atoms with Crippen molar-refractivity contribution in [3.05, 3.63) is 83.4 Å². The molecule has 0 N–H and O–H groups in total. The summed E-state index contributed by atoms with van der Waals surface area (Å²) in [7, 11) is 0. The van der Waals surface area contributed by atoms with Crippen LogP contribution in [0.25, 0.3) is 0 Å². The van der Waals surface area contributed by atoms with Crippen LogP contribution in [-0.2, 0) is 0 Å². The normalized spacial score (nSPS) is 19.6. The van der Waals surface area contributed by atoms with Gasteiger partial charge in [0.15, 0.2) is 5.78 Å². The number of Topliss-reactive ketones (excluding diaryl/α,β-unsaturated/α-hetero) is 1. The Morgan fingerprint density at radius 3 is 2.47 bits per heavy atom. The molecule has 3 rings (SSSR count). The smallest absolute Gasteiger partial charge is 0.189 e. The first kappa shape index (κ1) is 8.02. The summed E-state index contributed by atoms with van der Waals surface area (Å²) < 4.78 is 15.2. The number of rotatable bonds is 1. The summed E-state index contributed by atoms with van der Waals surface area (Å²) in [6.07, 6.45) is 0. The molecule has 1 atom stereocenters. The molecule has 82 valence electrons. The van der Waals surface area contributed by atoms with Crippen LogP contribution >= 0.6 is 0 Å². The lowest BCUT2D eigenvalue weighted by Crippen LogP contribution is -2.00. The molecule has 0 saturated heterocycles. The highest BCUT2D eigenvalue weighted by Gasteiger charge is 2.33. The molecular weight excluding hydrogens is 208 g/mol. The Morgan fingerprint density at radius 1 is 1.00 bits per heavy atom. The van der Waals surface area contributed by atoms with Gasteiger partial charge in [-0.2, -0.15) is 0 Å². The first-order valence-corrected chi connectivity index (χ1v) is 5.56. The van der Waals surface area contributed by atoms with Crippen molar-refractivity contribution in [1.82, 2.24) is 0 Å². The van der Waals surface area contributed by atoms with Crippen molar-refractivity contribution in [1.29, 1.82) is 0 Å². The molecule has 0 saturated carbocycles. The van der Waals surface area contributed by atoms with Crippen LogP contribution in [0, 0.1) is 0 Å². The zero-order valence-electron chi connectivity index (χ0n) is 11.2. The van der Waals surface area contributed by atoms with E-state index in [1.165, 1.54) is 0 Å². The second-order valence-electron chi connectivity index (χ2n) is 4.17. The van der Waals surface area contributed by atoms with Crippen molar-refractivity contribution in [2.45, 2.75) is 5.92 Å². The van der Waals surface area contributed by atoms with Crippen molar-refractivity contribution >= 4 is 5.78 Å².